The summed E-state index contributed by atoms with van der Waals surface area (Å²) in [6.07, 6.45) is 5.58. The highest BCUT2D eigenvalue weighted by Crippen LogP contribution is 2.18. The smallest absolute Gasteiger partial charge is 0.142 e. The summed E-state index contributed by atoms with van der Waals surface area (Å²) in [6.45, 7) is 4.03. The maximum atomic E-state index is 10.2. The van der Waals surface area contributed by atoms with E-state index in [1.807, 2.05) is 24.3 Å². The summed E-state index contributed by atoms with van der Waals surface area (Å²) in [5.41, 5.74) is 0.890. The van der Waals surface area contributed by atoms with E-state index in [1.165, 1.54) is 6.08 Å². The lowest BCUT2D eigenvalue weighted by Crippen LogP contribution is -1.94. The lowest BCUT2D eigenvalue weighted by Gasteiger charge is -2.05. The van der Waals surface area contributed by atoms with Gasteiger partial charge in [0.25, 0.3) is 0 Å². The number of para-hydroxylation sites is 1. The number of hydrogen-bond donors (Lipinski definition) is 0. The van der Waals surface area contributed by atoms with E-state index >= 15 is 0 Å². The van der Waals surface area contributed by atoms with Gasteiger partial charge in [0.1, 0.15) is 18.6 Å². The molecule has 0 N–H and O–H groups in total. The Balaban J connectivity index is 2.84. The van der Waals surface area contributed by atoms with E-state index in [0.717, 1.165) is 17.6 Å². The van der Waals surface area contributed by atoms with Crippen LogP contribution in [-0.4, -0.2) is 12.9 Å². The van der Waals surface area contributed by atoms with Gasteiger partial charge in [-0.2, -0.15) is 0 Å². The molecule has 0 saturated heterocycles. The Kier molecular flexibility index (Phi) is 4.21. The Labute approximate surface area is 83.5 Å². The zero-order chi connectivity index (χ0) is 10.2. The van der Waals surface area contributed by atoms with Gasteiger partial charge in [-0.25, -0.2) is 0 Å². The molecule has 0 aliphatic rings. The van der Waals surface area contributed by atoms with Gasteiger partial charge in [-0.3, -0.25) is 4.79 Å². The van der Waals surface area contributed by atoms with E-state index in [1.54, 1.807) is 12.2 Å². The van der Waals surface area contributed by atoms with Gasteiger partial charge in [-0.15, -0.1) is 0 Å². The highest BCUT2D eigenvalue weighted by Gasteiger charge is 1.97. The Morgan fingerprint density at radius 3 is 2.86 bits per heavy atom. The minimum absolute atomic E-state index is 0.464. The highest BCUT2D eigenvalue weighted by molar-refractivity contribution is 5.75. The van der Waals surface area contributed by atoms with E-state index < -0.39 is 0 Å². The van der Waals surface area contributed by atoms with Gasteiger partial charge >= 0.3 is 0 Å². The second kappa shape index (κ2) is 5.75. The second-order valence-electron chi connectivity index (χ2n) is 2.63. The van der Waals surface area contributed by atoms with Crippen molar-refractivity contribution in [3.05, 3.63) is 48.6 Å². The molecule has 0 unspecified atom stereocenters. The van der Waals surface area contributed by atoms with Crippen LogP contribution < -0.4 is 4.74 Å². The van der Waals surface area contributed by atoms with Gasteiger partial charge in [-0.05, 0) is 18.2 Å². The van der Waals surface area contributed by atoms with Crippen LogP contribution >= 0.6 is 0 Å². The standard InChI is InChI=1S/C12H12O2/c1-2-10-14-12-8-4-3-6-11(12)7-5-9-13/h2-9H,1,10H2. The fourth-order valence-electron chi connectivity index (χ4n) is 1.04. The van der Waals surface area contributed by atoms with Crippen LogP contribution in [0.15, 0.2) is 43.0 Å². The van der Waals surface area contributed by atoms with Crippen molar-refractivity contribution >= 4 is 12.4 Å². The fourth-order valence-corrected chi connectivity index (χ4v) is 1.04. The molecule has 0 heterocycles. The number of allylic oxidation sites excluding steroid dienone is 1. The lowest BCUT2D eigenvalue weighted by atomic mass is 10.2. The van der Waals surface area contributed by atoms with Gasteiger partial charge in [0.2, 0.25) is 0 Å². The molecule has 0 spiro atoms. The molecule has 0 aliphatic carbocycles. The molecule has 0 aliphatic heterocycles. The third-order valence-corrected chi connectivity index (χ3v) is 1.63. The minimum Gasteiger partial charge on any atom is -0.489 e. The topological polar surface area (TPSA) is 26.3 Å². The predicted octanol–water partition coefficient (Wildman–Crippen LogP) is 2.46. The van der Waals surface area contributed by atoms with Crippen LogP contribution in [0.25, 0.3) is 6.08 Å². The summed E-state index contributed by atoms with van der Waals surface area (Å²) < 4.78 is 5.40. The molecule has 0 bridgehead atoms. The molecule has 14 heavy (non-hydrogen) atoms. The zero-order valence-electron chi connectivity index (χ0n) is 7.85. The van der Waals surface area contributed by atoms with E-state index in [0.29, 0.717) is 6.61 Å². The number of ether oxygens (including phenoxy) is 1. The number of aldehydes is 1. The number of benzene rings is 1. The van der Waals surface area contributed by atoms with E-state index in [9.17, 15) is 4.79 Å². The number of carbonyl (C=O) groups excluding carboxylic acids is 1. The summed E-state index contributed by atoms with van der Waals surface area (Å²) in [4.78, 5) is 10.2. The maximum Gasteiger partial charge on any atom is 0.142 e. The number of rotatable bonds is 5. The molecular weight excluding hydrogens is 176 g/mol. The van der Waals surface area contributed by atoms with Crippen LogP contribution in [-0.2, 0) is 4.79 Å². The number of hydrogen-bond acceptors (Lipinski definition) is 2. The molecule has 0 saturated carbocycles. The molecule has 0 fully saturated rings. The quantitative estimate of drug-likeness (QED) is 0.403. The molecule has 0 atom stereocenters. The molecule has 1 aromatic rings. The van der Waals surface area contributed by atoms with Crippen molar-refractivity contribution in [1.29, 1.82) is 0 Å². The third-order valence-electron chi connectivity index (χ3n) is 1.63. The van der Waals surface area contributed by atoms with Crippen LogP contribution in [0, 0.1) is 0 Å². The van der Waals surface area contributed by atoms with Gasteiger partial charge in [0.15, 0.2) is 0 Å². The van der Waals surface area contributed by atoms with Crippen molar-refractivity contribution < 1.29 is 9.53 Å². The number of carbonyl (C=O) groups is 1. The van der Waals surface area contributed by atoms with Crippen LogP contribution in [0.4, 0.5) is 0 Å². The predicted molar refractivity (Wildman–Crippen MR) is 57.2 cm³/mol. The van der Waals surface area contributed by atoms with Gasteiger partial charge in [-0.1, -0.05) is 30.9 Å². The fraction of sp³-hybridized carbons (Fsp3) is 0.0833. The van der Waals surface area contributed by atoms with Gasteiger partial charge < -0.3 is 4.74 Å². The van der Waals surface area contributed by atoms with Crippen LogP contribution in [0.5, 0.6) is 5.75 Å². The monoisotopic (exact) mass is 188 g/mol. The summed E-state index contributed by atoms with van der Waals surface area (Å²) in [5, 5.41) is 0. The highest BCUT2D eigenvalue weighted by atomic mass is 16.5. The Hall–Kier alpha value is -1.83. The maximum absolute atomic E-state index is 10.2. The molecule has 1 aromatic carbocycles. The molecule has 1 rings (SSSR count). The van der Waals surface area contributed by atoms with Crippen molar-refractivity contribution in [2.75, 3.05) is 6.61 Å². The van der Waals surface area contributed by atoms with Crippen molar-refractivity contribution in [3.8, 4) is 5.75 Å². The van der Waals surface area contributed by atoms with E-state index in [4.69, 9.17) is 4.74 Å². The van der Waals surface area contributed by atoms with Gasteiger partial charge in [0.05, 0.1) is 0 Å². The molecule has 0 aromatic heterocycles. The van der Waals surface area contributed by atoms with Crippen molar-refractivity contribution in [3.63, 3.8) is 0 Å². The van der Waals surface area contributed by atoms with Crippen LogP contribution in [0.1, 0.15) is 5.56 Å². The van der Waals surface area contributed by atoms with Crippen LogP contribution in [0.3, 0.4) is 0 Å². The minimum atomic E-state index is 0.464. The second-order valence-corrected chi connectivity index (χ2v) is 2.63. The van der Waals surface area contributed by atoms with E-state index in [-0.39, 0.29) is 0 Å². The zero-order valence-corrected chi connectivity index (χ0v) is 7.85. The lowest BCUT2D eigenvalue weighted by molar-refractivity contribution is -0.104. The Bertz CT molecular complexity index is 340. The molecule has 72 valence electrons. The third kappa shape index (κ3) is 2.90. The largest absolute Gasteiger partial charge is 0.489 e. The summed E-state index contributed by atoms with van der Waals surface area (Å²) in [7, 11) is 0. The van der Waals surface area contributed by atoms with E-state index in [2.05, 4.69) is 6.58 Å². The van der Waals surface area contributed by atoms with Crippen molar-refractivity contribution in [2.24, 2.45) is 0 Å². The Morgan fingerprint density at radius 2 is 2.14 bits per heavy atom. The first kappa shape index (κ1) is 10.3. The molecular formula is C12H12O2. The average molecular weight is 188 g/mol. The average Bonchev–Trinajstić information content (AvgIpc) is 2.24. The molecule has 2 nitrogen and oxygen atoms in total. The van der Waals surface area contributed by atoms with Crippen molar-refractivity contribution in [2.45, 2.75) is 0 Å². The molecule has 2 heteroatoms. The molecule has 0 radical (unpaired) electrons. The SMILES string of the molecule is C=CCOc1ccccc1C=CC=O. The van der Waals surface area contributed by atoms with Crippen LogP contribution in [0.2, 0.25) is 0 Å². The first-order chi connectivity index (χ1) is 6.88. The van der Waals surface area contributed by atoms with Crippen molar-refractivity contribution in [1.82, 2.24) is 0 Å². The summed E-state index contributed by atoms with van der Waals surface area (Å²) >= 11 is 0. The van der Waals surface area contributed by atoms with Gasteiger partial charge in [0, 0.05) is 5.56 Å². The normalized spacial score (nSPS) is 10.0. The Morgan fingerprint density at radius 1 is 1.36 bits per heavy atom. The molecule has 0 amide bonds. The first-order valence-corrected chi connectivity index (χ1v) is 4.33. The first-order valence-electron chi connectivity index (χ1n) is 4.33. The summed E-state index contributed by atoms with van der Waals surface area (Å²) in [6, 6.07) is 7.52. The summed E-state index contributed by atoms with van der Waals surface area (Å²) in [5.74, 6) is 0.755.